The van der Waals surface area contributed by atoms with Gasteiger partial charge in [0.15, 0.2) is 0 Å². The third kappa shape index (κ3) is 4.78. The Hall–Kier alpha value is -3.52. The summed E-state index contributed by atoms with van der Waals surface area (Å²) in [6.07, 6.45) is 2.86. The summed E-state index contributed by atoms with van der Waals surface area (Å²) in [6, 6.07) is 18.8. The Morgan fingerprint density at radius 1 is 0.972 bits per heavy atom. The summed E-state index contributed by atoms with van der Waals surface area (Å²) in [7, 11) is -3.75. The molecule has 1 fully saturated rings. The number of fused-ring (bicyclic) bond motifs is 2. The van der Waals surface area contributed by atoms with Gasteiger partial charge in [0, 0.05) is 47.3 Å². The molecule has 0 atom stereocenters. The standard InChI is InChI=1S/C28H31N3O4S/c1-28(2,3)35-27(32)31-15-13-20(14-16-31)30-21-11-12-24-23(17-21)26(18-29-24)36(33,34)25-10-6-8-19-7-4-5-9-22(19)25/h4-12,17-18,20,29-30H,13-16H2,1-3H3. The summed E-state index contributed by atoms with van der Waals surface area (Å²) in [5.41, 5.74) is 1.11. The largest absolute Gasteiger partial charge is 0.444 e. The molecule has 7 nitrogen and oxygen atoms in total. The summed E-state index contributed by atoms with van der Waals surface area (Å²) < 4.78 is 33.0. The van der Waals surface area contributed by atoms with E-state index in [0.29, 0.717) is 28.8 Å². The van der Waals surface area contributed by atoms with Crippen LogP contribution in [0.1, 0.15) is 33.6 Å². The lowest BCUT2D eigenvalue weighted by Gasteiger charge is -2.34. The molecule has 188 valence electrons. The fourth-order valence-corrected chi connectivity index (χ4v) is 6.37. The second-order valence-corrected chi connectivity index (χ2v) is 12.2. The molecule has 1 saturated heterocycles. The molecule has 5 rings (SSSR count). The van der Waals surface area contributed by atoms with Crippen molar-refractivity contribution in [2.24, 2.45) is 0 Å². The maximum Gasteiger partial charge on any atom is 0.410 e. The minimum atomic E-state index is -3.75. The number of sulfone groups is 1. The third-order valence-electron chi connectivity index (χ3n) is 6.49. The van der Waals surface area contributed by atoms with E-state index in [4.69, 9.17) is 4.74 Å². The number of aromatic nitrogens is 1. The Morgan fingerprint density at radius 2 is 1.69 bits per heavy atom. The fraction of sp³-hybridized carbons (Fsp3) is 0.321. The maximum atomic E-state index is 13.7. The number of likely N-dealkylation sites (tertiary alicyclic amines) is 1. The monoisotopic (exact) mass is 505 g/mol. The van der Waals surface area contributed by atoms with Gasteiger partial charge in [-0.25, -0.2) is 13.2 Å². The zero-order valence-corrected chi connectivity index (χ0v) is 21.6. The van der Waals surface area contributed by atoms with Crippen molar-refractivity contribution < 1.29 is 17.9 Å². The predicted octanol–water partition coefficient (Wildman–Crippen LogP) is 5.97. The predicted molar refractivity (Wildman–Crippen MR) is 142 cm³/mol. The van der Waals surface area contributed by atoms with Gasteiger partial charge in [0.1, 0.15) is 5.60 Å². The van der Waals surface area contributed by atoms with Crippen LogP contribution in [0.2, 0.25) is 0 Å². The van der Waals surface area contributed by atoms with Gasteiger partial charge in [0.05, 0.1) is 9.79 Å². The van der Waals surface area contributed by atoms with Crippen LogP contribution >= 0.6 is 0 Å². The second-order valence-electron chi connectivity index (χ2n) is 10.3. The molecule has 3 aromatic carbocycles. The molecule has 36 heavy (non-hydrogen) atoms. The van der Waals surface area contributed by atoms with Crippen LogP contribution < -0.4 is 5.32 Å². The van der Waals surface area contributed by atoms with E-state index in [-0.39, 0.29) is 17.0 Å². The van der Waals surface area contributed by atoms with E-state index in [9.17, 15) is 13.2 Å². The highest BCUT2D eigenvalue weighted by atomic mass is 32.2. The van der Waals surface area contributed by atoms with Gasteiger partial charge in [-0.05, 0) is 63.3 Å². The van der Waals surface area contributed by atoms with E-state index >= 15 is 0 Å². The van der Waals surface area contributed by atoms with Crippen LogP contribution in [0.3, 0.4) is 0 Å². The number of carbonyl (C=O) groups excluding carboxylic acids is 1. The van der Waals surface area contributed by atoms with E-state index in [1.807, 2.05) is 69.3 Å². The lowest BCUT2D eigenvalue weighted by molar-refractivity contribution is 0.0210. The van der Waals surface area contributed by atoms with Crippen LogP contribution in [-0.2, 0) is 14.6 Å². The van der Waals surface area contributed by atoms with Crippen molar-refractivity contribution in [3.63, 3.8) is 0 Å². The van der Waals surface area contributed by atoms with Gasteiger partial charge in [-0.3, -0.25) is 0 Å². The Labute approximate surface area is 211 Å². The Bertz CT molecular complexity index is 1520. The van der Waals surface area contributed by atoms with Gasteiger partial charge < -0.3 is 19.9 Å². The summed E-state index contributed by atoms with van der Waals surface area (Å²) in [4.78, 5) is 17.8. The molecule has 0 aliphatic carbocycles. The average Bonchev–Trinajstić information content (AvgIpc) is 3.27. The van der Waals surface area contributed by atoms with Gasteiger partial charge >= 0.3 is 6.09 Å². The zero-order chi connectivity index (χ0) is 25.5. The average molecular weight is 506 g/mol. The number of rotatable bonds is 4. The van der Waals surface area contributed by atoms with E-state index in [1.54, 1.807) is 23.2 Å². The minimum Gasteiger partial charge on any atom is -0.444 e. The molecule has 0 radical (unpaired) electrons. The van der Waals surface area contributed by atoms with Crippen LogP contribution in [0, 0.1) is 0 Å². The number of H-pyrrole nitrogens is 1. The van der Waals surface area contributed by atoms with E-state index in [2.05, 4.69) is 10.3 Å². The van der Waals surface area contributed by atoms with Crippen LogP contribution in [0.25, 0.3) is 21.7 Å². The molecular formula is C28H31N3O4S. The molecule has 4 aromatic rings. The van der Waals surface area contributed by atoms with Gasteiger partial charge in [-0.2, -0.15) is 0 Å². The number of aromatic amines is 1. The number of hydrogen-bond donors (Lipinski definition) is 2. The quantitative estimate of drug-likeness (QED) is 0.357. The number of nitrogens with zero attached hydrogens (tertiary/aromatic N) is 1. The van der Waals surface area contributed by atoms with Crippen molar-refractivity contribution in [3.8, 4) is 0 Å². The SMILES string of the molecule is CC(C)(C)OC(=O)N1CCC(Nc2ccc3[nH]cc(S(=O)(=O)c4cccc5ccccc45)c3c2)CC1. The highest BCUT2D eigenvalue weighted by molar-refractivity contribution is 7.92. The van der Waals surface area contributed by atoms with Gasteiger partial charge in [0.2, 0.25) is 9.84 Å². The van der Waals surface area contributed by atoms with Crippen molar-refractivity contribution in [2.45, 2.75) is 55.0 Å². The summed E-state index contributed by atoms with van der Waals surface area (Å²) >= 11 is 0. The summed E-state index contributed by atoms with van der Waals surface area (Å²) in [5.74, 6) is 0. The third-order valence-corrected chi connectivity index (χ3v) is 8.34. The van der Waals surface area contributed by atoms with Crippen molar-refractivity contribution in [1.29, 1.82) is 0 Å². The highest BCUT2D eigenvalue weighted by Gasteiger charge is 2.27. The van der Waals surface area contributed by atoms with E-state index in [0.717, 1.165) is 29.4 Å². The first-order valence-electron chi connectivity index (χ1n) is 12.2. The molecule has 2 N–H and O–H groups in total. The second kappa shape index (κ2) is 9.17. The maximum absolute atomic E-state index is 13.7. The highest BCUT2D eigenvalue weighted by Crippen LogP contribution is 2.34. The number of carbonyl (C=O) groups is 1. The number of anilines is 1. The molecule has 0 saturated carbocycles. The Kier molecular flexibility index (Phi) is 6.16. The number of hydrogen-bond acceptors (Lipinski definition) is 5. The first kappa shape index (κ1) is 24.2. The van der Waals surface area contributed by atoms with Crippen LogP contribution in [-0.4, -0.2) is 49.1 Å². The van der Waals surface area contributed by atoms with Crippen LogP contribution in [0.5, 0.6) is 0 Å². The number of piperidine rings is 1. The fourth-order valence-electron chi connectivity index (χ4n) is 4.72. The summed E-state index contributed by atoms with van der Waals surface area (Å²) in [5, 5.41) is 5.78. The number of nitrogens with one attached hydrogen (secondary N) is 2. The topological polar surface area (TPSA) is 91.5 Å². The first-order chi connectivity index (χ1) is 17.1. The van der Waals surface area contributed by atoms with Gasteiger partial charge in [-0.1, -0.05) is 36.4 Å². The normalized spacial score (nSPS) is 15.4. The Morgan fingerprint density at radius 3 is 2.44 bits per heavy atom. The Balaban J connectivity index is 1.36. The number of amides is 1. The number of ether oxygens (including phenoxy) is 1. The molecule has 8 heteroatoms. The van der Waals surface area contributed by atoms with Crippen molar-refractivity contribution >= 4 is 43.3 Å². The summed E-state index contributed by atoms with van der Waals surface area (Å²) in [6.45, 7) is 6.82. The molecule has 0 spiro atoms. The van der Waals surface area contributed by atoms with Crippen molar-refractivity contribution in [3.05, 3.63) is 66.9 Å². The molecule has 1 aromatic heterocycles. The van der Waals surface area contributed by atoms with Crippen LogP contribution in [0.15, 0.2) is 76.7 Å². The lowest BCUT2D eigenvalue weighted by Crippen LogP contribution is -2.44. The minimum absolute atomic E-state index is 0.179. The molecule has 2 heterocycles. The van der Waals surface area contributed by atoms with E-state index in [1.165, 1.54) is 0 Å². The molecule has 1 aliphatic heterocycles. The van der Waals surface area contributed by atoms with Gasteiger partial charge in [-0.15, -0.1) is 0 Å². The van der Waals surface area contributed by atoms with Gasteiger partial charge in [0.25, 0.3) is 0 Å². The molecule has 0 unspecified atom stereocenters. The molecule has 1 aliphatic rings. The number of benzene rings is 3. The molecule has 0 bridgehead atoms. The smallest absolute Gasteiger partial charge is 0.410 e. The lowest BCUT2D eigenvalue weighted by atomic mass is 10.0. The van der Waals surface area contributed by atoms with E-state index < -0.39 is 15.4 Å². The van der Waals surface area contributed by atoms with Crippen LogP contribution in [0.4, 0.5) is 10.5 Å². The molecular weight excluding hydrogens is 474 g/mol. The first-order valence-corrected chi connectivity index (χ1v) is 13.7. The molecule has 1 amide bonds. The van der Waals surface area contributed by atoms with Crippen molar-refractivity contribution in [1.82, 2.24) is 9.88 Å². The zero-order valence-electron chi connectivity index (χ0n) is 20.7. The van der Waals surface area contributed by atoms with Crippen molar-refractivity contribution in [2.75, 3.05) is 18.4 Å².